The van der Waals surface area contributed by atoms with Crippen LogP contribution in [0.2, 0.25) is 0 Å². The van der Waals surface area contributed by atoms with Crippen molar-refractivity contribution in [1.82, 2.24) is 15.2 Å². The van der Waals surface area contributed by atoms with E-state index in [1.807, 2.05) is 92.8 Å². The summed E-state index contributed by atoms with van der Waals surface area (Å²) in [4.78, 5) is 18.7. The smallest absolute Gasteiger partial charge is 0.253 e. The van der Waals surface area contributed by atoms with Gasteiger partial charge in [0.05, 0.1) is 30.5 Å². The molecule has 5 aromatic rings. The van der Waals surface area contributed by atoms with E-state index in [9.17, 15) is 15.0 Å². The Kier molecular flexibility index (Phi) is 11.3. The highest BCUT2D eigenvalue weighted by molar-refractivity contribution is 5.93. The fourth-order valence-electron chi connectivity index (χ4n) is 6.17. The van der Waals surface area contributed by atoms with Crippen molar-refractivity contribution < 1.29 is 24.5 Å². The van der Waals surface area contributed by atoms with Crippen molar-refractivity contribution in [1.29, 1.82) is 0 Å². The number of rotatable bonds is 12. The van der Waals surface area contributed by atoms with Gasteiger partial charge < -0.3 is 25.0 Å². The highest BCUT2D eigenvalue weighted by Gasteiger charge is 2.34. The molecule has 252 valence electrons. The van der Waals surface area contributed by atoms with Crippen LogP contribution in [0, 0.1) is 0 Å². The first kappa shape index (κ1) is 34.2. The van der Waals surface area contributed by atoms with E-state index < -0.39 is 12.4 Å². The number of carbonyl (C=O) groups is 1. The Hall–Kier alpha value is -4.70. The van der Waals surface area contributed by atoms with Gasteiger partial charge in [-0.2, -0.15) is 0 Å². The Labute approximate surface area is 288 Å². The molecule has 1 aromatic heterocycles. The number of ether oxygens (including phenoxy) is 2. The SMILES string of the molecule is C[C@@H]([C@H](O)c1ccccc1)N(C)C[C@H]1C[C@@H](c2ccc(CO)cc2)O[C@@H](c2ccc(-c3cccc(CNC(=O)c4cccnc4)c3)cc2)O1. The number of benzene rings is 4. The summed E-state index contributed by atoms with van der Waals surface area (Å²) in [5, 5.41) is 23.6. The molecule has 0 spiro atoms. The second-order valence-corrected chi connectivity index (χ2v) is 12.6. The van der Waals surface area contributed by atoms with Crippen LogP contribution in [-0.2, 0) is 22.6 Å². The number of hydrogen-bond donors (Lipinski definition) is 3. The summed E-state index contributed by atoms with van der Waals surface area (Å²) in [6.45, 7) is 3.03. The van der Waals surface area contributed by atoms with Gasteiger partial charge in [0.1, 0.15) is 0 Å². The van der Waals surface area contributed by atoms with E-state index in [1.165, 1.54) is 0 Å². The normalized spacial score (nSPS) is 18.9. The Bertz CT molecular complexity index is 1780. The molecule has 0 bridgehead atoms. The first-order chi connectivity index (χ1) is 23.9. The number of nitrogens with zero attached hydrogens (tertiary/aromatic N) is 2. The number of aromatic nitrogens is 1. The largest absolute Gasteiger partial charge is 0.392 e. The summed E-state index contributed by atoms with van der Waals surface area (Å²) >= 11 is 0. The van der Waals surface area contributed by atoms with E-state index in [4.69, 9.17) is 9.47 Å². The lowest BCUT2D eigenvalue weighted by molar-refractivity contribution is -0.253. The molecule has 1 aliphatic rings. The molecule has 0 aliphatic carbocycles. The molecule has 49 heavy (non-hydrogen) atoms. The summed E-state index contributed by atoms with van der Waals surface area (Å²) in [7, 11) is 2.02. The minimum Gasteiger partial charge on any atom is -0.392 e. The Morgan fingerprint density at radius 1 is 0.878 bits per heavy atom. The molecule has 3 N–H and O–H groups in total. The van der Waals surface area contributed by atoms with Gasteiger partial charge in [0.25, 0.3) is 5.91 Å². The van der Waals surface area contributed by atoms with Crippen molar-refractivity contribution in [3.63, 3.8) is 0 Å². The molecular weight excluding hydrogens is 614 g/mol. The fraction of sp³-hybridized carbons (Fsp3) is 0.268. The molecule has 1 amide bonds. The Morgan fingerprint density at radius 3 is 2.35 bits per heavy atom. The zero-order valence-corrected chi connectivity index (χ0v) is 27.9. The number of amides is 1. The summed E-state index contributed by atoms with van der Waals surface area (Å²) in [6, 6.07) is 37.3. The van der Waals surface area contributed by atoms with E-state index in [1.54, 1.807) is 24.5 Å². The van der Waals surface area contributed by atoms with E-state index >= 15 is 0 Å². The van der Waals surface area contributed by atoms with Crippen molar-refractivity contribution in [3.8, 4) is 11.1 Å². The van der Waals surface area contributed by atoms with E-state index in [0.717, 1.165) is 38.9 Å². The van der Waals surface area contributed by atoms with Crippen molar-refractivity contribution >= 4 is 5.91 Å². The third kappa shape index (κ3) is 8.67. The maximum absolute atomic E-state index is 12.5. The molecule has 1 saturated heterocycles. The first-order valence-corrected chi connectivity index (χ1v) is 16.7. The number of pyridine rings is 1. The van der Waals surface area contributed by atoms with Gasteiger partial charge in [0.15, 0.2) is 6.29 Å². The van der Waals surface area contributed by atoms with Crippen LogP contribution in [0.3, 0.4) is 0 Å². The van der Waals surface area contributed by atoms with Crippen LogP contribution in [0.4, 0.5) is 0 Å². The molecule has 4 aromatic carbocycles. The van der Waals surface area contributed by atoms with Gasteiger partial charge in [0, 0.05) is 43.5 Å². The predicted octanol–water partition coefficient (Wildman–Crippen LogP) is 6.77. The minimum absolute atomic E-state index is 0.0120. The van der Waals surface area contributed by atoms with Crippen LogP contribution < -0.4 is 5.32 Å². The Balaban J connectivity index is 1.16. The van der Waals surface area contributed by atoms with Crippen molar-refractivity contribution in [2.75, 3.05) is 13.6 Å². The first-order valence-electron chi connectivity index (χ1n) is 16.7. The molecule has 8 nitrogen and oxygen atoms in total. The van der Waals surface area contributed by atoms with E-state index in [0.29, 0.717) is 25.1 Å². The van der Waals surface area contributed by atoms with Gasteiger partial charge in [-0.15, -0.1) is 0 Å². The van der Waals surface area contributed by atoms with Gasteiger partial charge in [-0.1, -0.05) is 97.1 Å². The highest BCUT2D eigenvalue weighted by Crippen LogP contribution is 2.39. The number of likely N-dealkylation sites (N-methyl/N-ethyl adjacent to an activating group) is 1. The summed E-state index contributed by atoms with van der Waals surface area (Å²) in [6.07, 6.45) is 2.26. The summed E-state index contributed by atoms with van der Waals surface area (Å²) in [5.41, 5.74) is 7.27. The Morgan fingerprint density at radius 2 is 1.63 bits per heavy atom. The van der Waals surface area contributed by atoms with Crippen LogP contribution in [0.15, 0.2) is 128 Å². The lowest BCUT2D eigenvalue weighted by atomic mass is 9.98. The van der Waals surface area contributed by atoms with E-state index in [2.05, 4.69) is 39.5 Å². The number of aliphatic hydroxyl groups is 2. The zero-order valence-electron chi connectivity index (χ0n) is 27.9. The molecule has 8 heteroatoms. The minimum atomic E-state index is -0.632. The second kappa shape index (κ2) is 16.1. The topological polar surface area (TPSA) is 104 Å². The average Bonchev–Trinajstić information content (AvgIpc) is 3.17. The van der Waals surface area contributed by atoms with Crippen molar-refractivity contribution in [2.45, 2.75) is 57.1 Å². The molecule has 1 fully saturated rings. The maximum atomic E-state index is 12.5. The van der Waals surface area contributed by atoms with Gasteiger partial charge in [-0.05, 0) is 65.6 Å². The molecule has 1 aliphatic heterocycles. The number of hydrogen-bond acceptors (Lipinski definition) is 7. The molecule has 0 saturated carbocycles. The second-order valence-electron chi connectivity index (χ2n) is 12.6. The van der Waals surface area contributed by atoms with Gasteiger partial charge in [-0.3, -0.25) is 14.7 Å². The lowest BCUT2D eigenvalue weighted by Crippen LogP contribution is -2.43. The molecule has 2 heterocycles. The molecule has 0 unspecified atom stereocenters. The van der Waals surface area contributed by atoms with Gasteiger partial charge in [0.2, 0.25) is 0 Å². The number of nitrogens with one attached hydrogen (secondary N) is 1. The maximum Gasteiger partial charge on any atom is 0.253 e. The fourth-order valence-corrected chi connectivity index (χ4v) is 6.17. The van der Waals surface area contributed by atoms with E-state index in [-0.39, 0.29) is 30.8 Å². The van der Waals surface area contributed by atoms with Gasteiger partial charge in [-0.25, -0.2) is 0 Å². The molecule has 6 rings (SSSR count). The highest BCUT2D eigenvalue weighted by atomic mass is 16.7. The lowest BCUT2D eigenvalue weighted by Gasteiger charge is -2.39. The standard InChI is InChI=1S/C41H43N3O5/c1-28(39(46)33-9-4-3-5-10-33)44(2)26-37-23-38(32-15-13-29(27-45)14-16-32)49-41(48-37)34-19-17-31(18-20-34)35-11-6-8-30(22-35)24-43-40(47)36-12-7-21-42-25-36/h3-22,25,28,37-39,41,45-46H,23-24,26-27H2,1-2H3,(H,43,47)/t28-,37+,38-,39-,41-/m0/s1. The molecule has 5 atom stereocenters. The quantitative estimate of drug-likeness (QED) is 0.136. The summed E-state index contributed by atoms with van der Waals surface area (Å²) in [5.74, 6) is -0.163. The summed E-state index contributed by atoms with van der Waals surface area (Å²) < 4.78 is 13.2. The number of carbonyl (C=O) groups excluding carboxylic acids is 1. The monoisotopic (exact) mass is 657 g/mol. The van der Waals surface area contributed by atoms with Crippen molar-refractivity contribution in [2.24, 2.45) is 0 Å². The van der Waals surface area contributed by atoms with Crippen LogP contribution in [-0.4, -0.2) is 51.7 Å². The zero-order chi connectivity index (χ0) is 34.2. The average molecular weight is 658 g/mol. The molecular formula is C41H43N3O5. The predicted molar refractivity (Wildman–Crippen MR) is 189 cm³/mol. The third-order valence-corrected chi connectivity index (χ3v) is 9.22. The molecule has 0 radical (unpaired) electrons. The van der Waals surface area contributed by atoms with Crippen molar-refractivity contribution in [3.05, 3.63) is 161 Å². The number of aliphatic hydroxyl groups excluding tert-OH is 2. The van der Waals surface area contributed by atoms with Crippen LogP contribution >= 0.6 is 0 Å². The van der Waals surface area contributed by atoms with Crippen LogP contribution in [0.5, 0.6) is 0 Å². The van der Waals surface area contributed by atoms with Gasteiger partial charge >= 0.3 is 0 Å². The third-order valence-electron chi connectivity index (χ3n) is 9.22. The van der Waals surface area contributed by atoms with Crippen LogP contribution in [0.1, 0.15) is 70.0 Å². The van der Waals surface area contributed by atoms with Crippen LogP contribution in [0.25, 0.3) is 11.1 Å².